The van der Waals surface area contributed by atoms with Crippen LogP contribution in [0.25, 0.3) is 0 Å². The molecule has 6 atom stereocenters. The lowest BCUT2D eigenvalue weighted by Crippen LogP contribution is -2.69. The number of carbonyl (C=O) groups is 4. The van der Waals surface area contributed by atoms with E-state index in [2.05, 4.69) is 11.8 Å². The number of esters is 4. The zero-order valence-electron chi connectivity index (χ0n) is 31.6. The molecule has 0 amide bonds. The predicted octanol–water partition coefficient (Wildman–Crippen LogP) is 6.62. The van der Waals surface area contributed by atoms with Crippen molar-refractivity contribution in [1.82, 2.24) is 4.90 Å². The van der Waals surface area contributed by atoms with Crippen molar-refractivity contribution in [3.63, 3.8) is 0 Å². The fraction of sp³-hybridized carbons (Fsp3) is 0.889. The molecule has 48 heavy (non-hydrogen) atoms. The van der Waals surface area contributed by atoms with E-state index < -0.39 is 76.2 Å². The molecule has 276 valence electrons. The largest absolute Gasteiger partial charge is 0.462 e. The first-order valence-corrected chi connectivity index (χ1v) is 19.4. The number of thioether (sulfide) groups is 2. The van der Waals surface area contributed by atoms with Gasteiger partial charge in [-0.15, -0.1) is 23.5 Å². The highest BCUT2D eigenvalue weighted by Gasteiger charge is 2.58. The average molecular weight is 716 g/mol. The van der Waals surface area contributed by atoms with Gasteiger partial charge in [0.25, 0.3) is 0 Å². The molecule has 3 saturated heterocycles. The topological polar surface area (TPSA) is 118 Å². The molecule has 0 radical (unpaired) electrons. The quantitative estimate of drug-likeness (QED) is 0.199. The van der Waals surface area contributed by atoms with Gasteiger partial charge in [0.2, 0.25) is 0 Å². The number of ether oxygens (including phenoxy) is 5. The molecular weight excluding hydrogens is 655 g/mol. The first kappa shape index (κ1) is 40.9. The summed E-state index contributed by atoms with van der Waals surface area (Å²) in [4.78, 5) is 56.1. The second kappa shape index (κ2) is 15.4. The maximum absolute atomic E-state index is 13.7. The fourth-order valence-corrected chi connectivity index (χ4v) is 9.06. The fourth-order valence-electron chi connectivity index (χ4n) is 5.73. The predicted molar refractivity (Wildman–Crippen MR) is 189 cm³/mol. The first-order chi connectivity index (χ1) is 21.9. The summed E-state index contributed by atoms with van der Waals surface area (Å²) in [6, 6.07) is 0.0908. The van der Waals surface area contributed by atoms with Gasteiger partial charge < -0.3 is 23.7 Å². The van der Waals surface area contributed by atoms with E-state index in [1.807, 2.05) is 23.5 Å². The van der Waals surface area contributed by atoms with Crippen LogP contribution in [0.5, 0.6) is 0 Å². The van der Waals surface area contributed by atoms with Gasteiger partial charge in [-0.1, -0.05) is 13.3 Å². The number of piperidine rings is 1. The van der Waals surface area contributed by atoms with Crippen molar-refractivity contribution in [2.24, 2.45) is 21.7 Å². The van der Waals surface area contributed by atoms with Crippen LogP contribution in [-0.4, -0.2) is 94.2 Å². The molecule has 1 spiro atoms. The molecule has 0 aromatic heterocycles. The van der Waals surface area contributed by atoms with Crippen LogP contribution in [0.1, 0.15) is 116 Å². The van der Waals surface area contributed by atoms with Crippen LogP contribution in [0.2, 0.25) is 0 Å². The van der Waals surface area contributed by atoms with Crippen LogP contribution in [-0.2, 0) is 42.9 Å². The normalized spacial score (nSPS) is 28.5. The van der Waals surface area contributed by atoms with Gasteiger partial charge in [-0.25, -0.2) is 0 Å². The number of hydrogen-bond acceptors (Lipinski definition) is 12. The van der Waals surface area contributed by atoms with Crippen molar-refractivity contribution in [3.05, 3.63) is 0 Å². The highest BCUT2D eigenvalue weighted by molar-refractivity contribution is 8.21. The molecule has 0 bridgehead atoms. The molecule has 3 aliphatic heterocycles. The number of likely N-dealkylation sites (tertiary alicyclic amines) is 1. The lowest BCUT2D eigenvalue weighted by atomic mass is 9.90. The summed E-state index contributed by atoms with van der Waals surface area (Å²) in [6.45, 7) is 23.5. The molecule has 0 saturated carbocycles. The summed E-state index contributed by atoms with van der Waals surface area (Å²) in [5.74, 6) is 0.169. The molecule has 10 nitrogen and oxygen atoms in total. The SMILES string of the molecule is CCC[C@H]1CC2(CCN1[C@@H]1O[C@H](COC(=O)C(C)(C)C)[C@H](OC(=O)C(C)(C)C)[C@H](OC(=O)C(C)(C)C)[C@H]1OC(=O)C(C)(C)C)SCCS2. The molecule has 0 aromatic carbocycles. The van der Waals surface area contributed by atoms with Crippen LogP contribution in [0, 0.1) is 21.7 Å². The Labute approximate surface area is 297 Å². The summed E-state index contributed by atoms with van der Waals surface area (Å²) in [5.41, 5.74) is -3.51. The summed E-state index contributed by atoms with van der Waals surface area (Å²) in [6.07, 6.45) is -1.81. The van der Waals surface area contributed by atoms with Gasteiger partial charge in [0.1, 0.15) is 12.7 Å². The van der Waals surface area contributed by atoms with Gasteiger partial charge in [0.05, 0.1) is 25.7 Å². The van der Waals surface area contributed by atoms with Gasteiger partial charge >= 0.3 is 23.9 Å². The molecule has 3 rings (SSSR count). The van der Waals surface area contributed by atoms with Crippen molar-refractivity contribution in [2.75, 3.05) is 24.7 Å². The van der Waals surface area contributed by atoms with Gasteiger partial charge in [0.15, 0.2) is 24.5 Å². The molecule has 0 aromatic rings. The second-order valence-corrected chi connectivity index (χ2v) is 20.7. The van der Waals surface area contributed by atoms with Crippen LogP contribution in [0.3, 0.4) is 0 Å². The summed E-state index contributed by atoms with van der Waals surface area (Å²) >= 11 is 4.04. The molecule has 12 heteroatoms. The van der Waals surface area contributed by atoms with Gasteiger partial charge in [0, 0.05) is 24.1 Å². The average Bonchev–Trinajstić information content (AvgIpc) is 3.39. The second-order valence-electron chi connectivity index (χ2n) is 17.5. The van der Waals surface area contributed by atoms with Crippen LogP contribution in [0.15, 0.2) is 0 Å². The van der Waals surface area contributed by atoms with E-state index in [4.69, 9.17) is 23.7 Å². The van der Waals surface area contributed by atoms with E-state index in [1.54, 1.807) is 83.1 Å². The van der Waals surface area contributed by atoms with E-state index >= 15 is 0 Å². The van der Waals surface area contributed by atoms with Crippen molar-refractivity contribution >= 4 is 47.4 Å². The van der Waals surface area contributed by atoms with E-state index in [1.165, 1.54) is 0 Å². The monoisotopic (exact) mass is 715 g/mol. The Morgan fingerprint density at radius 3 is 1.62 bits per heavy atom. The Kier molecular flexibility index (Phi) is 13.1. The van der Waals surface area contributed by atoms with Gasteiger partial charge in [-0.05, 0) is 102 Å². The van der Waals surface area contributed by atoms with Crippen molar-refractivity contribution in [2.45, 2.75) is 156 Å². The maximum Gasteiger partial charge on any atom is 0.311 e. The third-order valence-electron chi connectivity index (χ3n) is 8.70. The van der Waals surface area contributed by atoms with Crippen molar-refractivity contribution < 1.29 is 42.9 Å². The molecular formula is C36H61NO9S2. The highest BCUT2D eigenvalue weighted by Crippen LogP contribution is 2.53. The Bertz CT molecular complexity index is 1160. The minimum absolute atomic E-state index is 0.0908. The Morgan fingerprint density at radius 1 is 0.708 bits per heavy atom. The minimum Gasteiger partial charge on any atom is -0.462 e. The van der Waals surface area contributed by atoms with Crippen molar-refractivity contribution in [3.8, 4) is 0 Å². The number of rotatable bonds is 8. The Balaban J connectivity index is 2.19. The van der Waals surface area contributed by atoms with Crippen LogP contribution in [0.4, 0.5) is 0 Å². The Hall–Kier alpha value is -1.50. The molecule has 3 aliphatic rings. The van der Waals surface area contributed by atoms with Gasteiger partial charge in [-0.3, -0.25) is 24.1 Å². The van der Waals surface area contributed by atoms with Crippen LogP contribution >= 0.6 is 23.5 Å². The van der Waals surface area contributed by atoms with E-state index in [-0.39, 0.29) is 16.7 Å². The first-order valence-electron chi connectivity index (χ1n) is 17.4. The lowest BCUT2D eigenvalue weighted by Gasteiger charge is -2.53. The number of carbonyl (C=O) groups excluding carboxylic acids is 4. The minimum atomic E-state index is -1.24. The molecule has 3 heterocycles. The van der Waals surface area contributed by atoms with E-state index in [0.29, 0.717) is 6.54 Å². The lowest BCUT2D eigenvalue weighted by molar-refractivity contribution is -0.289. The summed E-state index contributed by atoms with van der Waals surface area (Å²) in [7, 11) is 0. The van der Waals surface area contributed by atoms with Gasteiger partial charge in [-0.2, -0.15) is 0 Å². The number of nitrogens with zero attached hydrogens (tertiary/aromatic N) is 1. The maximum atomic E-state index is 13.7. The van der Waals surface area contributed by atoms with E-state index in [9.17, 15) is 19.2 Å². The molecule has 0 N–H and O–H groups in total. The Morgan fingerprint density at radius 2 is 1.17 bits per heavy atom. The molecule has 3 fully saturated rings. The standard InChI is InChI=1S/C36H61NO9S2/c1-14-15-22-20-36(47-18-19-48-36)16-17-37(22)27-26(46-31(41)35(11,12)13)25(45-30(40)34(8,9)10)24(44-29(39)33(5,6)7)23(43-27)21-42-28(38)32(2,3)4/h22-27H,14-21H2,1-13H3/t22-,23+,24-,25-,26+,27+/m0/s1. The van der Waals surface area contributed by atoms with Crippen LogP contribution < -0.4 is 0 Å². The summed E-state index contributed by atoms with van der Waals surface area (Å²) in [5, 5.41) is 0. The van der Waals surface area contributed by atoms with Crippen molar-refractivity contribution in [1.29, 1.82) is 0 Å². The molecule has 0 unspecified atom stereocenters. The highest BCUT2D eigenvalue weighted by atomic mass is 32.2. The third-order valence-corrected chi connectivity index (χ3v) is 12.3. The zero-order valence-corrected chi connectivity index (χ0v) is 33.2. The van der Waals surface area contributed by atoms with E-state index in [0.717, 1.165) is 37.2 Å². The summed E-state index contributed by atoms with van der Waals surface area (Å²) < 4.78 is 31.5. The third kappa shape index (κ3) is 10.3. The number of hydrogen-bond donors (Lipinski definition) is 0. The molecule has 0 aliphatic carbocycles. The zero-order chi connectivity index (χ0) is 36.5. The smallest absolute Gasteiger partial charge is 0.311 e.